The number of ether oxygens (including phenoxy) is 1. The predicted molar refractivity (Wildman–Crippen MR) is 206 cm³/mol. The SMILES string of the molecule is c1ccc(-c2ccccc2N(c2ccc3c(c2)Oc2ccccc2N3c2ccc3c(c2)oc2ccccc23)c2ccc3ccccc3c2)cc1. The fraction of sp³-hybridized carbons (Fsp3) is 0. The Kier molecular flexibility index (Phi) is 6.46. The Hall–Kier alpha value is -6.78. The standard InChI is InChI=1S/C46H30N2O2/c1-2-13-32(14-3-1)37-16-6-8-18-40(37)47(34-23-22-31-12-4-5-15-33(31)28-34)35-25-27-42-46(30-35)50-44-21-11-9-19-41(44)48(42)36-24-26-39-38-17-7-10-20-43(38)49-45(39)29-36/h1-30H. The number of hydrogen-bond donors (Lipinski definition) is 0. The van der Waals surface area contributed by atoms with Gasteiger partial charge in [0.05, 0.1) is 28.4 Å². The van der Waals surface area contributed by atoms with Crippen molar-refractivity contribution >= 4 is 66.8 Å². The van der Waals surface area contributed by atoms with Crippen LogP contribution in [-0.2, 0) is 0 Å². The maximum absolute atomic E-state index is 6.72. The molecule has 1 aliphatic rings. The number of benzene rings is 8. The van der Waals surface area contributed by atoms with E-state index in [0.29, 0.717) is 0 Å². The van der Waals surface area contributed by atoms with E-state index in [2.05, 4.69) is 168 Å². The smallest absolute Gasteiger partial charge is 0.153 e. The van der Waals surface area contributed by atoms with Crippen LogP contribution in [0.25, 0.3) is 43.8 Å². The van der Waals surface area contributed by atoms with Crippen molar-refractivity contribution in [2.75, 3.05) is 9.80 Å². The molecule has 50 heavy (non-hydrogen) atoms. The van der Waals surface area contributed by atoms with Gasteiger partial charge in [-0.05, 0) is 77.0 Å². The lowest BCUT2D eigenvalue weighted by Gasteiger charge is -2.34. The molecule has 0 saturated carbocycles. The number of furan rings is 1. The first kappa shape index (κ1) is 28.3. The summed E-state index contributed by atoms with van der Waals surface area (Å²) in [5.74, 6) is 1.57. The van der Waals surface area contributed by atoms with E-state index in [9.17, 15) is 0 Å². The summed E-state index contributed by atoms with van der Waals surface area (Å²) >= 11 is 0. The molecule has 0 radical (unpaired) electrons. The maximum atomic E-state index is 6.72. The van der Waals surface area contributed by atoms with Crippen LogP contribution in [0.3, 0.4) is 0 Å². The molecular formula is C46H30N2O2. The summed E-state index contributed by atoms with van der Waals surface area (Å²) in [6.07, 6.45) is 0. The number of rotatable bonds is 5. The molecule has 0 saturated heterocycles. The van der Waals surface area contributed by atoms with E-state index in [1.807, 2.05) is 24.3 Å². The third-order valence-electron chi connectivity index (χ3n) is 9.61. The van der Waals surface area contributed by atoms with E-state index in [-0.39, 0.29) is 0 Å². The fourth-order valence-electron chi connectivity index (χ4n) is 7.29. The van der Waals surface area contributed by atoms with Crippen molar-refractivity contribution in [2.24, 2.45) is 0 Å². The molecule has 1 aliphatic heterocycles. The highest BCUT2D eigenvalue weighted by atomic mass is 16.5. The summed E-state index contributed by atoms with van der Waals surface area (Å²) in [5, 5.41) is 4.60. The monoisotopic (exact) mass is 642 g/mol. The summed E-state index contributed by atoms with van der Waals surface area (Å²) < 4.78 is 13.0. The summed E-state index contributed by atoms with van der Waals surface area (Å²) in [7, 11) is 0. The van der Waals surface area contributed by atoms with E-state index in [1.54, 1.807) is 0 Å². The van der Waals surface area contributed by atoms with Crippen molar-refractivity contribution in [3.63, 3.8) is 0 Å². The Bertz CT molecular complexity index is 2710. The molecule has 0 aliphatic carbocycles. The molecule has 9 aromatic rings. The highest BCUT2D eigenvalue weighted by Crippen LogP contribution is 2.53. The molecule has 1 aromatic heterocycles. The quantitative estimate of drug-likeness (QED) is 0.187. The highest BCUT2D eigenvalue weighted by molar-refractivity contribution is 6.06. The third-order valence-corrected chi connectivity index (χ3v) is 9.61. The van der Waals surface area contributed by atoms with Crippen LogP contribution in [0.5, 0.6) is 11.5 Å². The minimum absolute atomic E-state index is 0.772. The van der Waals surface area contributed by atoms with Crippen molar-refractivity contribution < 1.29 is 9.15 Å². The van der Waals surface area contributed by atoms with Crippen LogP contribution < -0.4 is 14.5 Å². The zero-order valence-corrected chi connectivity index (χ0v) is 27.0. The van der Waals surface area contributed by atoms with E-state index in [0.717, 1.165) is 78.7 Å². The summed E-state index contributed by atoms with van der Waals surface area (Å²) in [6.45, 7) is 0. The lowest BCUT2D eigenvalue weighted by atomic mass is 10.0. The van der Waals surface area contributed by atoms with Gasteiger partial charge in [-0.3, -0.25) is 0 Å². The number of nitrogens with zero attached hydrogens (tertiary/aromatic N) is 2. The van der Waals surface area contributed by atoms with Crippen molar-refractivity contribution in [1.82, 2.24) is 0 Å². The van der Waals surface area contributed by atoms with Gasteiger partial charge in [-0.2, -0.15) is 0 Å². The Morgan fingerprint density at radius 1 is 0.440 bits per heavy atom. The van der Waals surface area contributed by atoms with Crippen LogP contribution in [0.2, 0.25) is 0 Å². The lowest BCUT2D eigenvalue weighted by molar-refractivity contribution is 0.477. The van der Waals surface area contributed by atoms with Crippen molar-refractivity contribution in [2.45, 2.75) is 0 Å². The normalized spacial score (nSPS) is 12.1. The van der Waals surface area contributed by atoms with Crippen LogP contribution >= 0.6 is 0 Å². The Labute approximate surface area is 289 Å². The van der Waals surface area contributed by atoms with Gasteiger partial charge in [0.2, 0.25) is 0 Å². The molecule has 4 nitrogen and oxygen atoms in total. The van der Waals surface area contributed by atoms with E-state index >= 15 is 0 Å². The van der Waals surface area contributed by atoms with Crippen LogP contribution in [0, 0.1) is 0 Å². The van der Waals surface area contributed by atoms with Gasteiger partial charge in [0.15, 0.2) is 11.5 Å². The van der Waals surface area contributed by atoms with E-state index in [4.69, 9.17) is 9.15 Å². The van der Waals surface area contributed by atoms with Gasteiger partial charge in [0, 0.05) is 34.2 Å². The number of fused-ring (bicyclic) bond motifs is 6. The number of anilines is 6. The molecule has 8 aromatic carbocycles. The molecule has 0 N–H and O–H groups in total. The Morgan fingerprint density at radius 3 is 2.08 bits per heavy atom. The van der Waals surface area contributed by atoms with Crippen LogP contribution in [-0.4, -0.2) is 0 Å². The first-order valence-electron chi connectivity index (χ1n) is 16.8. The van der Waals surface area contributed by atoms with Crippen molar-refractivity contribution in [3.8, 4) is 22.6 Å². The predicted octanol–water partition coefficient (Wildman–Crippen LogP) is 13.5. The Morgan fingerprint density at radius 2 is 1.14 bits per heavy atom. The van der Waals surface area contributed by atoms with Gasteiger partial charge in [-0.1, -0.05) is 109 Å². The molecule has 0 atom stereocenters. The summed E-state index contributed by atoms with van der Waals surface area (Å²) in [4.78, 5) is 4.60. The molecule has 0 fully saturated rings. The zero-order valence-electron chi connectivity index (χ0n) is 27.0. The van der Waals surface area contributed by atoms with Gasteiger partial charge in [-0.15, -0.1) is 0 Å². The molecule has 4 heteroatoms. The largest absolute Gasteiger partial charge is 0.456 e. The second-order valence-corrected chi connectivity index (χ2v) is 12.6. The molecule has 0 amide bonds. The fourth-order valence-corrected chi connectivity index (χ4v) is 7.29. The molecule has 236 valence electrons. The van der Waals surface area contributed by atoms with Crippen LogP contribution in [0.1, 0.15) is 0 Å². The lowest BCUT2D eigenvalue weighted by Crippen LogP contribution is -2.17. The minimum Gasteiger partial charge on any atom is -0.456 e. The molecule has 0 bridgehead atoms. The highest BCUT2D eigenvalue weighted by Gasteiger charge is 2.28. The molecule has 10 rings (SSSR count). The second kappa shape index (κ2) is 11.4. The van der Waals surface area contributed by atoms with Gasteiger partial charge in [0.1, 0.15) is 11.2 Å². The zero-order chi connectivity index (χ0) is 33.0. The van der Waals surface area contributed by atoms with E-state index in [1.165, 1.54) is 10.8 Å². The summed E-state index contributed by atoms with van der Waals surface area (Å²) in [5.41, 5.74) is 10.1. The van der Waals surface area contributed by atoms with Crippen LogP contribution in [0.4, 0.5) is 34.1 Å². The van der Waals surface area contributed by atoms with Gasteiger partial charge < -0.3 is 19.0 Å². The third kappa shape index (κ3) is 4.61. The first-order chi connectivity index (χ1) is 24.8. The van der Waals surface area contributed by atoms with Gasteiger partial charge in [-0.25, -0.2) is 0 Å². The summed E-state index contributed by atoms with van der Waals surface area (Å²) in [6, 6.07) is 63.7. The average molecular weight is 643 g/mol. The van der Waals surface area contributed by atoms with Gasteiger partial charge in [0.25, 0.3) is 0 Å². The van der Waals surface area contributed by atoms with Gasteiger partial charge >= 0.3 is 0 Å². The van der Waals surface area contributed by atoms with Crippen molar-refractivity contribution in [3.05, 3.63) is 182 Å². The maximum Gasteiger partial charge on any atom is 0.153 e. The molecule has 0 unspecified atom stereocenters. The minimum atomic E-state index is 0.772. The topological polar surface area (TPSA) is 28.9 Å². The number of hydrogen-bond acceptors (Lipinski definition) is 4. The second-order valence-electron chi connectivity index (χ2n) is 12.6. The number of para-hydroxylation sites is 4. The molecule has 0 spiro atoms. The average Bonchev–Trinajstić information content (AvgIpc) is 3.55. The Balaban J connectivity index is 1.16. The van der Waals surface area contributed by atoms with Crippen molar-refractivity contribution in [1.29, 1.82) is 0 Å². The van der Waals surface area contributed by atoms with E-state index < -0.39 is 0 Å². The van der Waals surface area contributed by atoms with Crippen LogP contribution in [0.15, 0.2) is 186 Å². The molecule has 2 heterocycles. The molecular weight excluding hydrogens is 613 g/mol. The first-order valence-corrected chi connectivity index (χ1v) is 16.8.